The molecule has 1 aliphatic heterocycles. The van der Waals surface area contributed by atoms with E-state index < -0.39 is 0 Å². The molecule has 3 rings (SSSR count). The van der Waals surface area contributed by atoms with Gasteiger partial charge in [0, 0.05) is 13.1 Å². The van der Waals surface area contributed by atoms with Gasteiger partial charge in [0.25, 0.3) is 0 Å². The molecule has 2 aromatic rings. The molecule has 0 fully saturated rings. The molecule has 0 aliphatic carbocycles. The van der Waals surface area contributed by atoms with Crippen molar-refractivity contribution in [3.05, 3.63) is 59.2 Å². The molecule has 1 heterocycles. The third-order valence-electron chi connectivity index (χ3n) is 3.28. The van der Waals surface area contributed by atoms with Crippen molar-refractivity contribution in [3.8, 4) is 11.1 Å². The zero-order valence-corrected chi connectivity index (χ0v) is 9.46. The fourth-order valence-electron chi connectivity index (χ4n) is 2.51. The Morgan fingerprint density at radius 3 is 2.56 bits per heavy atom. The lowest BCUT2D eigenvalue weighted by molar-refractivity contribution is 0.703. The van der Waals surface area contributed by atoms with Crippen molar-refractivity contribution in [1.29, 1.82) is 0 Å². The molecule has 1 nitrogen and oxygen atoms in total. The Labute approximate surface area is 96.1 Å². The Balaban J connectivity index is 2.32. The Bertz CT molecular complexity index is 529. The largest absolute Gasteiger partial charge is 0.309 e. The van der Waals surface area contributed by atoms with Gasteiger partial charge in [-0.15, -0.1) is 0 Å². The van der Waals surface area contributed by atoms with Gasteiger partial charge in [0.2, 0.25) is 0 Å². The molecular formula is C15H15N. The summed E-state index contributed by atoms with van der Waals surface area (Å²) >= 11 is 0. The number of aryl methyl sites for hydroxylation is 1. The number of benzene rings is 2. The standard InChI is InChI=1S/C15H15N/c1-11-5-4-7-13-10-16-9-12-6-2-3-8-14(12)15(11)13/h2-8,16H,9-10H2,1H3. The van der Waals surface area contributed by atoms with E-state index in [1.54, 1.807) is 0 Å². The molecule has 80 valence electrons. The van der Waals surface area contributed by atoms with Crippen LogP contribution >= 0.6 is 0 Å². The Morgan fingerprint density at radius 2 is 1.62 bits per heavy atom. The van der Waals surface area contributed by atoms with Crippen molar-refractivity contribution in [1.82, 2.24) is 5.32 Å². The second-order valence-electron chi connectivity index (χ2n) is 4.37. The molecule has 0 saturated carbocycles. The van der Waals surface area contributed by atoms with Crippen molar-refractivity contribution in [2.24, 2.45) is 0 Å². The van der Waals surface area contributed by atoms with Gasteiger partial charge in [0.15, 0.2) is 0 Å². The molecule has 0 spiro atoms. The van der Waals surface area contributed by atoms with Gasteiger partial charge in [-0.3, -0.25) is 0 Å². The molecule has 0 atom stereocenters. The van der Waals surface area contributed by atoms with Crippen molar-refractivity contribution >= 4 is 0 Å². The summed E-state index contributed by atoms with van der Waals surface area (Å²) in [6, 6.07) is 15.2. The van der Waals surface area contributed by atoms with Gasteiger partial charge in [-0.05, 0) is 34.7 Å². The zero-order valence-electron chi connectivity index (χ0n) is 9.46. The second kappa shape index (κ2) is 3.76. The predicted molar refractivity (Wildman–Crippen MR) is 67.2 cm³/mol. The first kappa shape index (κ1) is 9.61. The molecule has 16 heavy (non-hydrogen) atoms. The van der Waals surface area contributed by atoms with E-state index in [0.717, 1.165) is 13.1 Å². The first-order valence-electron chi connectivity index (χ1n) is 5.74. The Morgan fingerprint density at radius 1 is 0.875 bits per heavy atom. The lowest BCUT2D eigenvalue weighted by atomic mass is 9.93. The highest BCUT2D eigenvalue weighted by atomic mass is 14.9. The maximum atomic E-state index is 3.49. The van der Waals surface area contributed by atoms with E-state index in [9.17, 15) is 0 Å². The summed E-state index contributed by atoms with van der Waals surface area (Å²) in [6.45, 7) is 4.12. The summed E-state index contributed by atoms with van der Waals surface area (Å²) in [5, 5.41) is 3.49. The average Bonchev–Trinajstić information content (AvgIpc) is 2.49. The number of fused-ring (bicyclic) bond motifs is 3. The number of hydrogen-bond acceptors (Lipinski definition) is 1. The second-order valence-corrected chi connectivity index (χ2v) is 4.37. The van der Waals surface area contributed by atoms with Crippen molar-refractivity contribution in [2.45, 2.75) is 20.0 Å². The van der Waals surface area contributed by atoms with E-state index in [2.05, 4.69) is 54.7 Å². The van der Waals surface area contributed by atoms with Crippen LogP contribution in [0.3, 0.4) is 0 Å². The highest BCUT2D eigenvalue weighted by Crippen LogP contribution is 2.32. The van der Waals surface area contributed by atoms with Crippen LogP contribution in [-0.2, 0) is 13.1 Å². The van der Waals surface area contributed by atoms with E-state index >= 15 is 0 Å². The molecule has 0 bridgehead atoms. The third kappa shape index (κ3) is 1.44. The number of hydrogen-bond donors (Lipinski definition) is 1. The van der Waals surface area contributed by atoms with Crippen LogP contribution in [0.15, 0.2) is 42.5 Å². The van der Waals surface area contributed by atoms with Crippen LogP contribution in [0.1, 0.15) is 16.7 Å². The smallest absolute Gasteiger partial charge is 0.0214 e. The number of nitrogens with one attached hydrogen (secondary N) is 1. The Kier molecular flexibility index (Phi) is 2.26. The molecule has 0 saturated heterocycles. The number of rotatable bonds is 0. The molecule has 2 aromatic carbocycles. The van der Waals surface area contributed by atoms with Gasteiger partial charge in [-0.25, -0.2) is 0 Å². The molecule has 0 amide bonds. The maximum absolute atomic E-state index is 3.49. The lowest BCUT2D eigenvalue weighted by Crippen LogP contribution is -2.10. The van der Waals surface area contributed by atoms with Gasteiger partial charge in [0.1, 0.15) is 0 Å². The normalized spacial score (nSPS) is 13.8. The third-order valence-corrected chi connectivity index (χ3v) is 3.28. The SMILES string of the molecule is Cc1cccc2c1-c1ccccc1CNC2. The van der Waals surface area contributed by atoms with E-state index in [-0.39, 0.29) is 0 Å². The summed E-state index contributed by atoms with van der Waals surface area (Å²) in [5.41, 5.74) is 6.98. The minimum atomic E-state index is 0.963. The van der Waals surface area contributed by atoms with Crippen LogP contribution in [0.4, 0.5) is 0 Å². The molecule has 1 aliphatic rings. The summed E-state index contributed by atoms with van der Waals surface area (Å²) in [5.74, 6) is 0. The van der Waals surface area contributed by atoms with E-state index in [1.165, 1.54) is 27.8 Å². The van der Waals surface area contributed by atoms with Gasteiger partial charge in [-0.2, -0.15) is 0 Å². The van der Waals surface area contributed by atoms with Crippen LogP contribution in [0, 0.1) is 6.92 Å². The molecule has 0 radical (unpaired) electrons. The van der Waals surface area contributed by atoms with Crippen LogP contribution in [-0.4, -0.2) is 0 Å². The summed E-state index contributed by atoms with van der Waals surface area (Å²) in [6.07, 6.45) is 0. The quantitative estimate of drug-likeness (QED) is 0.702. The zero-order chi connectivity index (χ0) is 11.0. The summed E-state index contributed by atoms with van der Waals surface area (Å²) < 4.78 is 0. The first-order valence-corrected chi connectivity index (χ1v) is 5.74. The maximum Gasteiger partial charge on any atom is 0.0214 e. The molecule has 1 N–H and O–H groups in total. The minimum Gasteiger partial charge on any atom is -0.309 e. The fourth-order valence-corrected chi connectivity index (χ4v) is 2.51. The summed E-state index contributed by atoms with van der Waals surface area (Å²) in [7, 11) is 0. The van der Waals surface area contributed by atoms with E-state index in [0.29, 0.717) is 0 Å². The van der Waals surface area contributed by atoms with Crippen LogP contribution < -0.4 is 5.32 Å². The molecule has 0 aromatic heterocycles. The van der Waals surface area contributed by atoms with Crippen LogP contribution in [0.5, 0.6) is 0 Å². The summed E-state index contributed by atoms with van der Waals surface area (Å²) in [4.78, 5) is 0. The van der Waals surface area contributed by atoms with Crippen molar-refractivity contribution in [3.63, 3.8) is 0 Å². The van der Waals surface area contributed by atoms with Crippen LogP contribution in [0.2, 0.25) is 0 Å². The van der Waals surface area contributed by atoms with Gasteiger partial charge < -0.3 is 5.32 Å². The lowest BCUT2D eigenvalue weighted by Gasteiger charge is -2.11. The monoisotopic (exact) mass is 209 g/mol. The van der Waals surface area contributed by atoms with E-state index in [1.807, 2.05) is 0 Å². The van der Waals surface area contributed by atoms with Crippen LogP contribution in [0.25, 0.3) is 11.1 Å². The minimum absolute atomic E-state index is 0.963. The van der Waals surface area contributed by atoms with Gasteiger partial charge in [0.05, 0.1) is 0 Å². The van der Waals surface area contributed by atoms with Crippen molar-refractivity contribution in [2.75, 3.05) is 0 Å². The Hall–Kier alpha value is -1.60. The molecule has 1 heteroatoms. The van der Waals surface area contributed by atoms with E-state index in [4.69, 9.17) is 0 Å². The molecular weight excluding hydrogens is 194 g/mol. The average molecular weight is 209 g/mol. The highest BCUT2D eigenvalue weighted by Gasteiger charge is 2.14. The molecule has 0 unspecified atom stereocenters. The topological polar surface area (TPSA) is 12.0 Å². The van der Waals surface area contributed by atoms with Gasteiger partial charge in [-0.1, -0.05) is 42.5 Å². The predicted octanol–water partition coefficient (Wildman–Crippen LogP) is 3.27. The van der Waals surface area contributed by atoms with Gasteiger partial charge >= 0.3 is 0 Å². The highest BCUT2D eigenvalue weighted by molar-refractivity contribution is 5.74. The first-order chi connectivity index (χ1) is 7.86. The fraction of sp³-hybridized carbons (Fsp3) is 0.200. The van der Waals surface area contributed by atoms with Crippen molar-refractivity contribution < 1.29 is 0 Å².